The van der Waals surface area contributed by atoms with Crippen LogP contribution >= 0.6 is 0 Å². The van der Waals surface area contributed by atoms with E-state index < -0.39 is 37.3 Å². The molecule has 0 saturated carbocycles. The first-order valence-electron chi connectivity index (χ1n) is 6.06. The van der Waals surface area contributed by atoms with E-state index in [-0.39, 0.29) is 12.8 Å². The van der Waals surface area contributed by atoms with Gasteiger partial charge in [-0.3, -0.25) is 10.1 Å². The molecule has 2 atom stereocenters. The van der Waals surface area contributed by atoms with Gasteiger partial charge in [0.05, 0.1) is 15.7 Å². The summed E-state index contributed by atoms with van der Waals surface area (Å²) >= 11 is 0. The Morgan fingerprint density at radius 1 is 1.40 bits per heavy atom. The van der Waals surface area contributed by atoms with Crippen LogP contribution in [0.15, 0.2) is 35.2 Å². The maximum atomic E-state index is 14.8. The number of benzene rings is 1. The zero-order chi connectivity index (χ0) is 15.4. The van der Waals surface area contributed by atoms with E-state index >= 15 is 0 Å². The van der Waals surface area contributed by atoms with Crippen LogP contribution in [0, 0.1) is 16.0 Å². The summed E-state index contributed by atoms with van der Waals surface area (Å²) in [4.78, 5) is 9.22. The highest BCUT2D eigenvalue weighted by Gasteiger charge is 2.62. The van der Waals surface area contributed by atoms with Gasteiger partial charge in [0.25, 0.3) is 9.84 Å². The largest absolute Gasteiger partial charge is 0.465 e. The van der Waals surface area contributed by atoms with Gasteiger partial charge in [-0.15, -0.1) is 4.39 Å². The fourth-order valence-electron chi connectivity index (χ4n) is 2.02. The summed E-state index contributed by atoms with van der Waals surface area (Å²) in [5.41, 5.74) is 0. The lowest BCUT2D eigenvalue weighted by Crippen LogP contribution is -2.48. The Labute approximate surface area is 116 Å². The number of rotatable bonds is 7. The number of alkyl halides is 1. The normalized spacial score (nSPS) is 16.4. The first kappa shape index (κ1) is 16.5. The van der Waals surface area contributed by atoms with Gasteiger partial charge in [-0.1, -0.05) is 25.1 Å². The van der Waals surface area contributed by atoms with Crippen molar-refractivity contribution < 1.29 is 22.8 Å². The molecular formula is C12H16FNO5S. The zero-order valence-electron chi connectivity index (χ0n) is 10.9. The average Bonchev–Trinajstić information content (AvgIpc) is 2.44. The highest BCUT2D eigenvalue weighted by Crippen LogP contribution is 2.38. The summed E-state index contributed by atoms with van der Waals surface area (Å²) in [5, 5.41) is 16.3. The molecule has 0 spiro atoms. The Morgan fingerprint density at radius 3 is 2.35 bits per heavy atom. The molecule has 8 heteroatoms. The third-order valence-electron chi connectivity index (χ3n) is 3.15. The Morgan fingerprint density at radius 2 is 1.95 bits per heavy atom. The Hall–Kier alpha value is -1.54. The summed E-state index contributed by atoms with van der Waals surface area (Å²) < 4.78 is 39.4. The van der Waals surface area contributed by atoms with E-state index in [1.165, 1.54) is 25.1 Å². The van der Waals surface area contributed by atoms with E-state index in [9.17, 15) is 22.9 Å². The van der Waals surface area contributed by atoms with Crippen LogP contribution in [0.3, 0.4) is 0 Å². The predicted molar refractivity (Wildman–Crippen MR) is 69.9 cm³/mol. The monoisotopic (exact) mass is 305 g/mol. The van der Waals surface area contributed by atoms with Crippen LogP contribution in [-0.2, 0) is 9.84 Å². The number of sulfone groups is 1. The number of hydrogen-bond acceptors (Lipinski definition) is 5. The minimum atomic E-state index is -4.81. The van der Waals surface area contributed by atoms with Gasteiger partial charge in [0.15, 0.2) is 0 Å². The van der Waals surface area contributed by atoms with Crippen molar-refractivity contribution in [2.75, 3.05) is 6.61 Å². The van der Waals surface area contributed by atoms with E-state index in [0.29, 0.717) is 0 Å². The molecule has 0 aromatic heterocycles. The SMILES string of the molecule is CC[C@H](CCO)[C@@](F)([N+](=O)[O-])S(=O)(=O)c1ccccc1. The highest BCUT2D eigenvalue weighted by molar-refractivity contribution is 7.92. The molecule has 0 bridgehead atoms. The van der Waals surface area contributed by atoms with Gasteiger partial charge in [0.1, 0.15) is 0 Å². The Bertz CT molecular complexity index is 562. The second-order valence-electron chi connectivity index (χ2n) is 4.30. The molecule has 0 radical (unpaired) electrons. The first-order chi connectivity index (χ1) is 9.32. The van der Waals surface area contributed by atoms with Crippen molar-refractivity contribution in [1.82, 2.24) is 0 Å². The van der Waals surface area contributed by atoms with Crippen molar-refractivity contribution >= 4 is 9.84 Å². The lowest BCUT2D eigenvalue weighted by molar-refractivity contribution is -0.585. The third kappa shape index (κ3) is 2.66. The second-order valence-corrected chi connectivity index (χ2v) is 6.35. The van der Waals surface area contributed by atoms with Crippen molar-refractivity contribution in [2.45, 2.75) is 29.8 Å². The molecule has 1 aromatic carbocycles. The van der Waals surface area contributed by atoms with E-state index in [2.05, 4.69) is 0 Å². The Balaban J connectivity index is 3.43. The van der Waals surface area contributed by atoms with E-state index in [0.717, 1.165) is 12.1 Å². The number of halogens is 1. The van der Waals surface area contributed by atoms with Crippen LogP contribution < -0.4 is 0 Å². The predicted octanol–water partition coefficient (Wildman–Crippen LogP) is 1.77. The summed E-state index contributed by atoms with van der Waals surface area (Å²) in [7, 11) is -4.81. The van der Waals surface area contributed by atoms with Gasteiger partial charge >= 0.3 is 5.12 Å². The van der Waals surface area contributed by atoms with Crippen LogP contribution in [0.25, 0.3) is 0 Å². The van der Waals surface area contributed by atoms with Crippen LogP contribution in [0.2, 0.25) is 0 Å². The summed E-state index contributed by atoms with van der Waals surface area (Å²) in [6.07, 6.45) is -0.385. The molecule has 0 amide bonds. The molecule has 0 saturated heterocycles. The molecule has 0 aliphatic heterocycles. The molecule has 1 N–H and O–H groups in total. The van der Waals surface area contributed by atoms with Crippen LogP contribution in [0.1, 0.15) is 19.8 Å². The third-order valence-corrected chi connectivity index (χ3v) is 5.28. The number of aliphatic hydroxyl groups excluding tert-OH is 1. The summed E-state index contributed by atoms with van der Waals surface area (Å²) in [6, 6.07) is 6.47. The molecule has 0 fully saturated rings. The number of hydrogen-bond donors (Lipinski definition) is 1. The fraction of sp³-hybridized carbons (Fsp3) is 0.500. The number of nitrogens with zero attached hydrogens (tertiary/aromatic N) is 1. The molecule has 1 aromatic rings. The van der Waals surface area contributed by atoms with E-state index in [4.69, 9.17) is 5.11 Å². The molecule has 0 aliphatic carbocycles. The maximum Gasteiger partial charge on any atom is 0.465 e. The molecule has 0 heterocycles. The Kier molecular flexibility index (Phi) is 5.18. The minimum Gasteiger partial charge on any atom is -0.396 e. The lowest BCUT2D eigenvalue weighted by atomic mass is 10.0. The molecule has 0 unspecified atom stereocenters. The molecule has 112 valence electrons. The first-order valence-corrected chi connectivity index (χ1v) is 7.54. The summed E-state index contributed by atoms with van der Waals surface area (Å²) in [5.74, 6) is -1.42. The number of aliphatic hydroxyl groups is 1. The van der Waals surface area contributed by atoms with Crippen LogP contribution in [0.5, 0.6) is 0 Å². The van der Waals surface area contributed by atoms with Gasteiger partial charge in [-0.25, -0.2) is 8.42 Å². The van der Waals surface area contributed by atoms with E-state index in [1.54, 1.807) is 0 Å². The van der Waals surface area contributed by atoms with Crippen molar-refractivity contribution in [1.29, 1.82) is 0 Å². The van der Waals surface area contributed by atoms with Crippen LogP contribution in [-0.4, -0.2) is 30.2 Å². The molecule has 6 nitrogen and oxygen atoms in total. The van der Waals surface area contributed by atoms with Gasteiger partial charge in [-0.2, -0.15) is 0 Å². The standard InChI is InChI=1S/C12H16FNO5S/c1-2-10(8-9-15)12(13,14(16)17)20(18,19)11-6-4-3-5-7-11/h3-7,10,15H,2,8-9H2,1H3/t10-,12-/m1/s1. The van der Waals surface area contributed by atoms with Gasteiger partial charge in [0, 0.05) is 6.61 Å². The van der Waals surface area contributed by atoms with Crippen molar-refractivity contribution in [3.63, 3.8) is 0 Å². The van der Waals surface area contributed by atoms with Gasteiger partial charge in [0.2, 0.25) is 0 Å². The topological polar surface area (TPSA) is 97.5 Å². The lowest BCUT2D eigenvalue weighted by Gasteiger charge is -2.24. The zero-order valence-corrected chi connectivity index (χ0v) is 11.7. The fourth-order valence-corrected chi connectivity index (χ4v) is 3.79. The minimum absolute atomic E-state index is 0.0793. The van der Waals surface area contributed by atoms with Crippen molar-refractivity contribution in [3.05, 3.63) is 40.4 Å². The molecule has 1 rings (SSSR count). The average molecular weight is 305 g/mol. The van der Waals surface area contributed by atoms with Crippen LogP contribution in [0.4, 0.5) is 4.39 Å². The summed E-state index contributed by atoms with van der Waals surface area (Å²) in [6.45, 7) is 0.918. The van der Waals surface area contributed by atoms with Crippen molar-refractivity contribution in [3.8, 4) is 0 Å². The van der Waals surface area contributed by atoms with Gasteiger partial charge < -0.3 is 5.11 Å². The smallest absolute Gasteiger partial charge is 0.396 e. The van der Waals surface area contributed by atoms with E-state index in [1.807, 2.05) is 0 Å². The van der Waals surface area contributed by atoms with Gasteiger partial charge in [-0.05, 0) is 25.0 Å². The van der Waals surface area contributed by atoms with Crippen molar-refractivity contribution in [2.24, 2.45) is 5.92 Å². The number of nitro groups is 1. The quantitative estimate of drug-likeness (QED) is 0.470. The molecular weight excluding hydrogens is 289 g/mol. The molecule has 20 heavy (non-hydrogen) atoms. The highest BCUT2D eigenvalue weighted by atomic mass is 32.2. The second kappa shape index (κ2) is 6.27. The maximum absolute atomic E-state index is 14.8. The molecule has 0 aliphatic rings.